The fraction of sp³-hybridized carbons (Fsp3) is 0.200. The van der Waals surface area contributed by atoms with Gasteiger partial charge in [-0.05, 0) is 47.5 Å². The number of carbonyl (C=O) groups excluding carboxylic acids is 2. The molecule has 1 aromatic carbocycles. The van der Waals surface area contributed by atoms with Gasteiger partial charge in [-0.15, -0.1) is 0 Å². The number of esters is 1. The summed E-state index contributed by atoms with van der Waals surface area (Å²) in [5.41, 5.74) is 1.24. The number of halogens is 2. The molecule has 2 aromatic rings. The monoisotopic (exact) mass is 357 g/mol. The van der Waals surface area contributed by atoms with E-state index >= 15 is 0 Å². The molecular formula is C15H13Cl2NO3S. The predicted octanol–water partition coefficient (Wildman–Crippen LogP) is 4.17. The highest BCUT2D eigenvalue weighted by Crippen LogP contribution is 2.25. The number of thiophene rings is 1. The molecule has 0 radical (unpaired) electrons. The van der Waals surface area contributed by atoms with Crippen LogP contribution in [-0.2, 0) is 20.7 Å². The van der Waals surface area contributed by atoms with Crippen LogP contribution in [-0.4, -0.2) is 18.0 Å². The van der Waals surface area contributed by atoms with Crippen LogP contribution in [0.2, 0.25) is 10.0 Å². The highest BCUT2D eigenvalue weighted by Gasteiger charge is 2.19. The lowest BCUT2D eigenvalue weighted by molar-refractivity contribution is -0.152. The SMILES string of the molecule is C[C@H](OC(=O)Cc1ccsc1)C(=O)Nc1cc(Cl)ccc1Cl. The van der Waals surface area contributed by atoms with Crippen LogP contribution < -0.4 is 5.32 Å². The van der Waals surface area contributed by atoms with E-state index in [0.717, 1.165) is 5.56 Å². The lowest BCUT2D eigenvalue weighted by Crippen LogP contribution is -2.30. The lowest BCUT2D eigenvalue weighted by Gasteiger charge is -2.14. The normalized spacial score (nSPS) is 11.8. The Morgan fingerprint density at radius 1 is 1.32 bits per heavy atom. The van der Waals surface area contributed by atoms with E-state index in [-0.39, 0.29) is 6.42 Å². The maximum atomic E-state index is 12.0. The molecule has 0 fully saturated rings. The molecule has 1 aromatic heterocycles. The van der Waals surface area contributed by atoms with E-state index in [0.29, 0.717) is 15.7 Å². The van der Waals surface area contributed by atoms with Crippen molar-refractivity contribution in [2.45, 2.75) is 19.4 Å². The minimum absolute atomic E-state index is 0.138. The number of benzene rings is 1. The van der Waals surface area contributed by atoms with Crippen molar-refractivity contribution < 1.29 is 14.3 Å². The average Bonchev–Trinajstić information content (AvgIpc) is 2.95. The van der Waals surface area contributed by atoms with Crippen LogP contribution in [0, 0.1) is 0 Å². The molecule has 0 aliphatic rings. The highest BCUT2D eigenvalue weighted by atomic mass is 35.5. The van der Waals surface area contributed by atoms with Gasteiger partial charge in [0.15, 0.2) is 6.10 Å². The van der Waals surface area contributed by atoms with Crippen molar-refractivity contribution in [2.75, 3.05) is 5.32 Å². The molecule has 4 nitrogen and oxygen atoms in total. The van der Waals surface area contributed by atoms with Crippen molar-refractivity contribution in [1.29, 1.82) is 0 Å². The minimum atomic E-state index is -0.929. The van der Waals surface area contributed by atoms with Crippen LogP contribution in [0.15, 0.2) is 35.0 Å². The van der Waals surface area contributed by atoms with E-state index in [2.05, 4.69) is 5.32 Å². The zero-order valence-electron chi connectivity index (χ0n) is 11.6. The predicted molar refractivity (Wildman–Crippen MR) is 88.7 cm³/mol. The second-order valence-electron chi connectivity index (χ2n) is 4.55. The Kier molecular flexibility index (Phi) is 5.83. The molecule has 2 rings (SSSR count). The van der Waals surface area contributed by atoms with E-state index in [1.807, 2.05) is 16.8 Å². The molecule has 0 saturated carbocycles. The second-order valence-corrected chi connectivity index (χ2v) is 6.18. The quantitative estimate of drug-likeness (QED) is 0.817. The molecule has 0 unspecified atom stereocenters. The van der Waals surface area contributed by atoms with Gasteiger partial charge >= 0.3 is 5.97 Å². The topological polar surface area (TPSA) is 55.4 Å². The molecule has 22 heavy (non-hydrogen) atoms. The summed E-state index contributed by atoms with van der Waals surface area (Å²) in [5.74, 6) is -0.930. The molecule has 116 valence electrons. The van der Waals surface area contributed by atoms with Crippen molar-refractivity contribution in [3.63, 3.8) is 0 Å². The van der Waals surface area contributed by atoms with Crippen LogP contribution in [0.3, 0.4) is 0 Å². The molecular weight excluding hydrogens is 345 g/mol. The molecule has 1 heterocycles. The van der Waals surface area contributed by atoms with Gasteiger partial charge in [0.25, 0.3) is 5.91 Å². The van der Waals surface area contributed by atoms with Gasteiger partial charge in [0.2, 0.25) is 0 Å². The maximum absolute atomic E-state index is 12.0. The molecule has 1 atom stereocenters. The van der Waals surface area contributed by atoms with Gasteiger partial charge in [-0.1, -0.05) is 23.2 Å². The van der Waals surface area contributed by atoms with E-state index in [1.54, 1.807) is 12.1 Å². The summed E-state index contributed by atoms with van der Waals surface area (Å²) >= 11 is 13.3. The zero-order chi connectivity index (χ0) is 16.1. The average molecular weight is 358 g/mol. The van der Waals surface area contributed by atoms with Crippen LogP contribution in [0.4, 0.5) is 5.69 Å². The van der Waals surface area contributed by atoms with Gasteiger partial charge in [-0.25, -0.2) is 0 Å². The lowest BCUT2D eigenvalue weighted by atomic mass is 10.2. The zero-order valence-corrected chi connectivity index (χ0v) is 14.0. The fourth-order valence-electron chi connectivity index (χ4n) is 1.68. The largest absolute Gasteiger partial charge is 0.452 e. The molecule has 0 saturated heterocycles. The van der Waals surface area contributed by atoms with E-state index in [9.17, 15) is 9.59 Å². The third-order valence-electron chi connectivity index (χ3n) is 2.79. The summed E-state index contributed by atoms with van der Waals surface area (Å²) in [6.45, 7) is 1.50. The Labute approximate surface area is 142 Å². The third-order valence-corrected chi connectivity index (χ3v) is 4.09. The number of hydrogen-bond donors (Lipinski definition) is 1. The first kappa shape index (κ1) is 16.8. The third kappa shape index (κ3) is 4.73. The van der Waals surface area contributed by atoms with Gasteiger partial charge in [-0.2, -0.15) is 11.3 Å². The summed E-state index contributed by atoms with van der Waals surface area (Å²) in [6.07, 6.45) is -0.792. The van der Waals surface area contributed by atoms with Crippen LogP contribution in [0.5, 0.6) is 0 Å². The molecule has 1 N–H and O–H groups in total. The Morgan fingerprint density at radius 3 is 2.77 bits per heavy atom. The van der Waals surface area contributed by atoms with Gasteiger partial charge in [0, 0.05) is 5.02 Å². The fourth-order valence-corrected chi connectivity index (χ4v) is 2.69. The molecule has 0 spiro atoms. The first-order valence-electron chi connectivity index (χ1n) is 6.42. The van der Waals surface area contributed by atoms with Crippen molar-refractivity contribution in [1.82, 2.24) is 0 Å². The summed E-state index contributed by atoms with van der Waals surface area (Å²) in [7, 11) is 0. The van der Waals surface area contributed by atoms with Crippen LogP contribution in [0.1, 0.15) is 12.5 Å². The van der Waals surface area contributed by atoms with Crippen molar-refractivity contribution in [2.24, 2.45) is 0 Å². The minimum Gasteiger partial charge on any atom is -0.452 e. The Bertz CT molecular complexity index is 673. The van der Waals surface area contributed by atoms with Crippen molar-refractivity contribution in [3.05, 3.63) is 50.6 Å². The second kappa shape index (κ2) is 7.63. The van der Waals surface area contributed by atoms with Gasteiger partial charge in [0.1, 0.15) is 0 Å². The summed E-state index contributed by atoms with van der Waals surface area (Å²) in [4.78, 5) is 23.8. The number of amides is 1. The van der Waals surface area contributed by atoms with Crippen molar-refractivity contribution in [3.8, 4) is 0 Å². The Balaban J connectivity index is 1.91. The molecule has 0 bridgehead atoms. The van der Waals surface area contributed by atoms with Crippen molar-refractivity contribution >= 4 is 52.1 Å². The Hall–Kier alpha value is -1.56. The molecule has 7 heteroatoms. The summed E-state index contributed by atoms with van der Waals surface area (Å²) < 4.78 is 5.11. The number of nitrogens with one attached hydrogen (secondary N) is 1. The van der Waals surface area contributed by atoms with Gasteiger partial charge in [0.05, 0.1) is 17.1 Å². The maximum Gasteiger partial charge on any atom is 0.311 e. The van der Waals surface area contributed by atoms with Gasteiger partial charge < -0.3 is 10.1 Å². The number of hydrogen-bond acceptors (Lipinski definition) is 4. The smallest absolute Gasteiger partial charge is 0.311 e. The van der Waals surface area contributed by atoms with Crippen LogP contribution in [0.25, 0.3) is 0 Å². The first-order chi connectivity index (χ1) is 10.5. The number of anilines is 1. The van der Waals surface area contributed by atoms with E-state index in [1.165, 1.54) is 24.3 Å². The number of ether oxygens (including phenoxy) is 1. The summed E-state index contributed by atoms with van der Waals surface area (Å²) in [6, 6.07) is 6.56. The summed E-state index contributed by atoms with van der Waals surface area (Å²) in [5, 5.41) is 7.12. The Morgan fingerprint density at radius 2 is 2.09 bits per heavy atom. The van der Waals surface area contributed by atoms with Crippen LogP contribution >= 0.6 is 34.5 Å². The number of carbonyl (C=O) groups is 2. The van der Waals surface area contributed by atoms with E-state index in [4.69, 9.17) is 27.9 Å². The number of rotatable bonds is 5. The molecule has 0 aliphatic carbocycles. The molecule has 0 aliphatic heterocycles. The van der Waals surface area contributed by atoms with E-state index < -0.39 is 18.0 Å². The highest BCUT2D eigenvalue weighted by molar-refractivity contribution is 7.08. The first-order valence-corrected chi connectivity index (χ1v) is 8.12. The standard InChI is InChI=1S/C15H13Cl2NO3S/c1-9(21-14(19)6-10-4-5-22-8-10)15(20)18-13-7-11(16)2-3-12(13)17/h2-5,7-9H,6H2,1H3,(H,18,20)/t9-/m0/s1. The molecule has 1 amide bonds. The van der Waals surface area contributed by atoms with Gasteiger partial charge in [-0.3, -0.25) is 9.59 Å².